The summed E-state index contributed by atoms with van der Waals surface area (Å²) in [7, 11) is 0. The molecule has 2 N–H and O–H groups in total. The number of halogens is 9. The Hall–Kier alpha value is -2.87. The Kier molecular flexibility index (Phi) is 11.9. The molecule has 0 bridgehead atoms. The van der Waals surface area contributed by atoms with E-state index in [4.69, 9.17) is 4.74 Å². The van der Waals surface area contributed by atoms with Gasteiger partial charge in [-0.3, -0.25) is 9.78 Å². The van der Waals surface area contributed by atoms with Crippen LogP contribution in [0.5, 0.6) is 0 Å². The molecule has 1 aliphatic rings. The van der Waals surface area contributed by atoms with Crippen LogP contribution in [0, 0.1) is 11.8 Å². The lowest BCUT2D eigenvalue weighted by atomic mass is 9.80. The van der Waals surface area contributed by atoms with Crippen molar-refractivity contribution in [3.05, 3.63) is 64.0 Å². The third kappa shape index (κ3) is 11.0. The first-order valence-electron chi connectivity index (χ1n) is 14.0. The molecule has 240 valence electrons. The van der Waals surface area contributed by atoms with Gasteiger partial charge in [-0.05, 0) is 86.4 Å². The molecule has 0 unspecified atom stereocenters. The minimum Gasteiger partial charge on any atom is -0.466 e. The van der Waals surface area contributed by atoms with Crippen molar-refractivity contribution in [2.24, 2.45) is 11.8 Å². The van der Waals surface area contributed by atoms with Crippen molar-refractivity contribution in [2.45, 2.75) is 77.1 Å². The Morgan fingerprint density at radius 1 is 0.814 bits per heavy atom. The number of hydrogen-bond donors (Lipinski definition) is 2. The van der Waals surface area contributed by atoms with E-state index in [1.54, 1.807) is 6.92 Å². The Bertz CT molecular complexity index is 1170. The number of nitrogens with zero attached hydrogens (tertiary/aromatic N) is 1. The van der Waals surface area contributed by atoms with Gasteiger partial charge in [0.2, 0.25) is 0 Å². The average Bonchev–Trinajstić information content (AvgIpc) is 2.91. The van der Waals surface area contributed by atoms with Crippen molar-refractivity contribution in [3.8, 4) is 0 Å². The van der Waals surface area contributed by atoms with Gasteiger partial charge in [0.15, 0.2) is 0 Å². The maximum atomic E-state index is 13.3. The van der Waals surface area contributed by atoms with E-state index in [0.717, 1.165) is 31.7 Å². The first kappa shape index (κ1) is 34.6. The molecular formula is C29H34F9N3O2. The summed E-state index contributed by atoms with van der Waals surface area (Å²) in [5.74, 6) is 0.478. The van der Waals surface area contributed by atoms with E-state index < -0.39 is 41.8 Å². The number of pyridine rings is 1. The number of ether oxygens (including phenoxy) is 1. The quantitative estimate of drug-likeness (QED) is 0.147. The summed E-state index contributed by atoms with van der Waals surface area (Å²) in [6.07, 6.45) is -9.69. The highest BCUT2D eigenvalue weighted by Crippen LogP contribution is 2.36. The summed E-state index contributed by atoms with van der Waals surface area (Å²) < 4.78 is 124. The molecule has 1 saturated carbocycles. The van der Waals surface area contributed by atoms with Gasteiger partial charge >= 0.3 is 24.5 Å². The van der Waals surface area contributed by atoms with E-state index in [2.05, 4.69) is 15.6 Å². The zero-order chi connectivity index (χ0) is 31.8. The van der Waals surface area contributed by atoms with Crippen LogP contribution in [0.3, 0.4) is 0 Å². The lowest BCUT2D eigenvalue weighted by Gasteiger charge is -2.28. The molecule has 1 aliphatic carbocycles. The molecule has 5 nitrogen and oxygen atoms in total. The van der Waals surface area contributed by atoms with Crippen molar-refractivity contribution in [1.82, 2.24) is 15.6 Å². The van der Waals surface area contributed by atoms with Gasteiger partial charge in [-0.2, -0.15) is 39.5 Å². The highest BCUT2D eigenvalue weighted by Gasteiger charge is 2.37. The second-order valence-corrected chi connectivity index (χ2v) is 10.7. The number of benzene rings is 1. The van der Waals surface area contributed by atoms with Crippen LogP contribution < -0.4 is 10.6 Å². The SMILES string of the molecule is CCOC(=O)C[C@H]1CC[C@H](CNCCc2ncc(C(F)(F)F)cc2CNCc2cc(C(F)(F)F)cc(C(F)(F)F)c2)CC1. The number of carbonyl (C=O) groups excluding carboxylic acids is 1. The number of nitrogens with one attached hydrogen (secondary N) is 2. The van der Waals surface area contributed by atoms with Crippen LogP contribution in [0.15, 0.2) is 30.5 Å². The molecule has 0 atom stereocenters. The maximum Gasteiger partial charge on any atom is 0.417 e. The summed E-state index contributed by atoms with van der Waals surface area (Å²) in [6, 6.07) is 2.04. The van der Waals surface area contributed by atoms with Crippen LogP contribution in [0.2, 0.25) is 0 Å². The third-order valence-corrected chi connectivity index (χ3v) is 7.38. The monoisotopic (exact) mass is 627 g/mol. The van der Waals surface area contributed by atoms with Gasteiger partial charge in [0.1, 0.15) is 0 Å². The number of hydrogen-bond acceptors (Lipinski definition) is 5. The topological polar surface area (TPSA) is 63.2 Å². The van der Waals surface area contributed by atoms with E-state index in [1.807, 2.05) is 0 Å². The van der Waals surface area contributed by atoms with Crippen LogP contribution in [0.1, 0.15) is 72.5 Å². The molecule has 43 heavy (non-hydrogen) atoms. The number of alkyl halides is 9. The standard InChI is InChI=1S/C29H34F9N3O2/c1-2-43-26(42)11-18-3-5-19(6-4-18)14-39-8-7-25-21(12-24(17-41-25)29(36,37)38)16-40-15-20-9-22(27(30,31)32)13-23(10-20)28(33,34)35/h9-10,12-13,17-19,39-40H,2-8,11,14-16H2,1H3/t18-,19-. The van der Waals surface area contributed by atoms with Crippen LogP contribution in [-0.4, -0.2) is 30.6 Å². The number of esters is 1. The summed E-state index contributed by atoms with van der Waals surface area (Å²) >= 11 is 0. The first-order valence-corrected chi connectivity index (χ1v) is 14.0. The summed E-state index contributed by atoms with van der Waals surface area (Å²) in [4.78, 5) is 15.6. The molecule has 3 rings (SSSR count). The smallest absolute Gasteiger partial charge is 0.417 e. The van der Waals surface area contributed by atoms with Crippen molar-refractivity contribution in [3.63, 3.8) is 0 Å². The van der Waals surface area contributed by atoms with Gasteiger partial charge in [0.25, 0.3) is 0 Å². The van der Waals surface area contributed by atoms with Crippen LogP contribution in [-0.2, 0) is 47.6 Å². The predicted molar refractivity (Wildman–Crippen MR) is 140 cm³/mol. The molecule has 1 aromatic heterocycles. The van der Waals surface area contributed by atoms with Crippen molar-refractivity contribution >= 4 is 5.97 Å². The molecule has 0 aliphatic heterocycles. The lowest BCUT2D eigenvalue weighted by molar-refractivity contribution is -0.145. The maximum absolute atomic E-state index is 13.3. The van der Waals surface area contributed by atoms with E-state index >= 15 is 0 Å². The molecule has 0 saturated heterocycles. The molecule has 0 spiro atoms. The highest BCUT2D eigenvalue weighted by molar-refractivity contribution is 5.69. The number of rotatable bonds is 12. The minimum atomic E-state index is -5.01. The van der Waals surface area contributed by atoms with E-state index in [0.29, 0.717) is 56.1 Å². The number of aromatic nitrogens is 1. The largest absolute Gasteiger partial charge is 0.466 e. The van der Waals surface area contributed by atoms with Gasteiger partial charge in [-0.1, -0.05) is 0 Å². The Labute approximate surface area is 243 Å². The number of carbonyl (C=O) groups is 1. The zero-order valence-corrected chi connectivity index (χ0v) is 23.5. The molecule has 1 heterocycles. The molecule has 1 aromatic carbocycles. The molecule has 0 amide bonds. The van der Waals surface area contributed by atoms with Gasteiger partial charge < -0.3 is 15.4 Å². The fourth-order valence-electron chi connectivity index (χ4n) is 5.14. The van der Waals surface area contributed by atoms with Gasteiger partial charge in [-0.25, -0.2) is 0 Å². The predicted octanol–water partition coefficient (Wildman–Crippen LogP) is 7.32. The third-order valence-electron chi connectivity index (χ3n) is 7.38. The fraction of sp³-hybridized carbons (Fsp3) is 0.586. The van der Waals surface area contributed by atoms with E-state index in [-0.39, 0.29) is 42.0 Å². The summed E-state index contributed by atoms with van der Waals surface area (Å²) in [5.41, 5.74) is -3.82. The molecule has 0 radical (unpaired) electrons. The summed E-state index contributed by atoms with van der Waals surface area (Å²) in [5, 5.41) is 5.95. The van der Waals surface area contributed by atoms with Crippen LogP contribution in [0.25, 0.3) is 0 Å². The minimum absolute atomic E-state index is 0.0144. The average molecular weight is 628 g/mol. The highest BCUT2D eigenvalue weighted by atomic mass is 19.4. The van der Waals surface area contributed by atoms with Crippen LogP contribution >= 0.6 is 0 Å². The van der Waals surface area contributed by atoms with Gasteiger partial charge in [-0.15, -0.1) is 0 Å². The molecule has 14 heteroatoms. The zero-order valence-electron chi connectivity index (χ0n) is 23.5. The molecule has 2 aromatic rings. The fourth-order valence-corrected chi connectivity index (χ4v) is 5.14. The van der Waals surface area contributed by atoms with Crippen molar-refractivity contribution in [2.75, 3.05) is 19.7 Å². The van der Waals surface area contributed by atoms with Gasteiger partial charge in [0.05, 0.1) is 23.3 Å². The second kappa shape index (κ2) is 14.7. The second-order valence-electron chi connectivity index (χ2n) is 10.7. The summed E-state index contributed by atoms with van der Waals surface area (Å²) in [6.45, 7) is 2.49. The molecular weight excluding hydrogens is 593 g/mol. The van der Waals surface area contributed by atoms with E-state index in [1.165, 1.54) is 0 Å². The lowest BCUT2D eigenvalue weighted by Crippen LogP contribution is -2.29. The Morgan fingerprint density at radius 3 is 1.95 bits per heavy atom. The first-order chi connectivity index (χ1) is 20.1. The van der Waals surface area contributed by atoms with Crippen LogP contribution in [0.4, 0.5) is 39.5 Å². The Morgan fingerprint density at radius 2 is 1.40 bits per heavy atom. The van der Waals surface area contributed by atoms with Gasteiger partial charge in [0, 0.05) is 44.4 Å². The van der Waals surface area contributed by atoms with Crippen molar-refractivity contribution in [1.29, 1.82) is 0 Å². The molecule has 1 fully saturated rings. The normalized spacial score (nSPS) is 18.1. The van der Waals surface area contributed by atoms with Crippen molar-refractivity contribution < 1.29 is 49.0 Å². The Balaban J connectivity index is 1.59. The van der Waals surface area contributed by atoms with E-state index in [9.17, 15) is 44.3 Å².